The van der Waals surface area contributed by atoms with Crippen LogP contribution in [-0.4, -0.2) is 17.8 Å². The number of nitro benzene ring substituents is 1. The molecule has 0 unspecified atom stereocenters. The highest BCUT2D eigenvalue weighted by atomic mass is 35.5. The van der Waals surface area contributed by atoms with Crippen molar-refractivity contribution < 1.29 is 19.2 Å². The highest BCUT2D eigenvalue weighted by Gasteiger charge is 2.21. The first-order valence-corrected chi connectivity index (χ1v) is 8.27. The SMILES string of the molecule is COc1ccc(C(=O)c2ccccc2)c(Oc2ccc(Cl)cc2[N+](=O)[O-])c1. The molecule has 0 N–H and O–H groups in total. The smallest absolute Gasteiger partial charge is 0.313 e. The molecule has 3 aromatic rings. The van der Waals surface area contributed by atoms with Crippen LogP contribution in [0.2, 0.25) is 5.02 Å². The third kappa shape index (κ3) is 4.07. The van der Waals surface area contributed by atoms with Crippen molar-refractivity contribution in [2.24, 2.45) is 0 Å². The number of nitrogens with zero attached hydrogens (tertiary/aromatic N) is 1. The number of ketones is 1. The van der Waals surface area contributed by atoms with E-state index in [1.165, 1.54) is 31.4 Å². The Bertz CT molecular complexity index is 1000. The minimum atomic E-state index is -0.597. The van der Waals surface area contributed by atoms with Crippen molar-refractivity contribution in [3.8, 4) is 17.2 Å². The molecule has 0 spiro atoms. The summed E-state index contributed by atoms with van der Waals surface area (Å²) in [6.45, 7) is 0. The number of benzene rings is 3. The lowest BCUT2D eigenvalue weighted by Gasteiger charge is -2.12. The Morgan fingerprint density at radius 3 is 2.41 bits per heavy atom. The Hall–Kier alpha value is -3.38. The van der Waals surface area contributed by atoms with E-state index in [1.54, 1.807) is 42.5 Å². The van der Waals surface area contributed by atoms with Gasteiger partial charge in [0.25, 0.3) is 0 Å². The van der Waals surface area contributed by atoms with Crippen molar-refractivity contribution in [2.45, 2.75) is 0 Å². The van der Waals surface area contributed by atoms with Crippen LogP contribution in [0.5, 0.6) is 17.2 Å². The molecule has 0 saturated carbocycles. The second-order valence-corrected chi connectivity index (χ2v) is 5.96. The molecule has 3 rings (SSSR count). The molecule has 27 heavy (non-hydrogen) atoms. The van der Waals surface area contributed by atoms with Crippen LogP contribution in [0, 0.1) is 10.1 Å². The van der Waals surface area contributed by atoms with Gasteiger partial charge in [-0.05, 0) is 24.3 Å². The van der Waals surface area contributed by atoms with Crippen LogP contribution in [-0.2, 0) is 0 Å². The van der Waals surface area contributed by atoms with Crippen molar-refractivity contribution >= 4 is 23.1 Å². The van der Waals surface area contributed by atoms with Crippen LogP contribution in [0.1, 0.15) is 15.9 Å². The van der Waals surface area contributed by atoms with Crippen molar-refractivity contribution in [2.75, 3.05) is 7.11 Å². The Morgan fingerprint density at radius 2 is 1.74 bits per heavy atom. The fraction of sp³-hybridized carbons (Fsp3) is 0.0500. The molecule has 0 aliphatic carbocycles. The van der Waals surface area contributed by atoms with Gasteiger partial charge in [0, 0.05) is 22.7 Å². The number of carbonyl (C=O) groups excluding carboxylic acids is 1. The average molecular weight is 384 g/mol. The topological polar surface area (TPSA) is 78.7 Å². The largest absolute Gasteiger partial charge is 0.497 e. The lowest BCUT2D eigenvalue weighted by atomic mass is 10.0. The van der Waals surface area contributed by atoms with E-state index in [0.29, 0.717) is 11.3 Å². The maximum absolute atomic E-state index is 12.9. The Morgan fingerprint density at radius 1 is 1.00 bits per heavy atom. The first-order chi connectivity index (χ1) is 13.0. The summed E-state index contributed by atoms with van der Waals surface area (Å²) < 4.78 is 10.9. The molecule has 0 amide bonds. The second kappa shape index (κ2) is 7.88. The molecule has 6 nitrogen and oxygen atoms in total. The van der Waals surface area contributed by atoms with Gasteiger partial charge in [0.05, 0.1) is 17.6 Å². The summed E-state index contributed by atoms with van der Waals surface area (Å²) in [7, 11) is 1.47. The van der Waals surface area contributed by atoms with E-state index in [-0.39, 0.29) is 33.6 Å². The van der Waals surface area contributed by atoms with Gasteiger partial charge >= 0.3 is 5.69 Å². The standard InChI is InChI=1S/C20H14ClNO5/c1-26-15-8-9-16(20(23)13-5-3-2-4-6-13)19(12-15)27-18-10-7-14(21)11-17(18)22(24)25/h2-12H,1H3. The Labute approximate surface area is 160 Å². The maximum Gasteiger partial charge on any atom is 0.313 e. The minimum absolute atomic E-state index is 0.0280. The van der Waals surface area contributed by atoms with Crippen LogP contribution < -0.4 is 9.47 Å². The molecule has 0 aromatic heterocycles. The zero-order valence-corrected chi connectivity index (χ0v) is 15.0. The summed E-state index contributed by atoms with van der Waals surface area (Å²) >= 11 is 5.84. The third-order valence-corrected chi connectivity index (χ3v) is 4.04. The zero-order chi connectivity index (χ0) is 19.4. The summed E-state index contributed by atoms with van der Waals surface area (Å²) in [5.74, 6) is 0.296. The van der Waals surface area contributed by atoms with Gasteiger partial charge < -0.3 is 9.47 Å². The average Bonchev–Trinajstić information content (AvgIpc) is 2.69. The number of nitro groups is 1. The fourth-order valence-corrected chi connectivity index (χ4v) is 2.65. The van der Waals surface area contributed by atoms with E-state index < -0.39 is 4.92 Å². The molecule has 0 aliphatic rings. The van der Waals surface area contributed by atoms with Gasteiger partial charge in [-0.3, -0.25) is 14.9 Å². The lowest BCUT2D eigenvalue weighted by molar-refractivity contribution is -0.385. The minimum Gasteiger partial charge on any atom is -0.497 e. The van der Waals surface area contributed by atoms with Crippen molar-refractivity contribution in [1.29, 1.82) is 0 Å². The highest BCUT2D eigenvalue weighted by Crippen LogP contribution is 2.37. The molecule has 0 aliphatic heterocycles. The number of hydrogen-bond donors (Lipinski definition) is 0. The van der Waals surface area contributed by atoms with Gasteiger partial charge in [-0.25, -0.2) is 0 Å². The van der Waals surface area contributed by atoms with Crippen LogP contribution in [0.25, 0.3) is 0 Å². The van der Waals surface area contributed by atoms with E-state index in [2.05, 4.69) is 0 Å². The molecule has 136 valence electrons. The molecule has 0 saturated heterocycles. The van der Waals surface area contributed by atoms with Gasteiger partial charge in [0.2, 0.25) is 5.75 Å². The van der Waals surface area contributed by atoms with Crippen molar-refractivity contribution in [3.63, 3.8) is 0 Å². The molecule has 0 fully saturated rings. The summed E-state index contributed by atoms with van der Waals surface area (Å²) in [6.07, 6.45) is 0. The zero-order valence-electron chi connectivity index (χ0n) is 14.2. The summed E-state index contributed by atoms with van der Waals surface area (Å²) in [5.41, 5.74) is 0.424. The maximum atomic E-state index is 12.9. The molecular formula is C20H14ClNO5. The number of halogens is 1. The molecule has 0 radical (unpaired) electrons. The molecule has 0 bridgehead atoms. The predicted octanol–water partition coefficient (Wildman–Crippen LogP) is 5.28. The van der Waals surface area contributed by atoms with Crippen LogP contribution in [0.15, 0.2) is 66.7 Å². The predicted molar refractivity (Wildman–Crippen MR) is 101 cm³/mol. The number of ether oxygens (including phenoxy) is 2. The van der Waals surface area contributed by atoms with E-state index in [0.717, 1.165) is 0 Å². The molecule has 7 heteroatoms. The summed E-state index contributed by atoms with van der Waals surface area (Å²) in [4.78, 5) is 23.6. The summed E-state index contributed by atoms with van der Waals surface area (Å²) in [6, 6.07) is 17.4. The Balaban J connectivity index is 2.07. The second-order valence-electron chi connectivity index (χ2n) is 5.53. The van der Waals surface area contributed by atoms with E-state index in [4.69, 9.17) is 21.1 Å². The van der Waals surface area contributed by atoms with Gasteiger partial charge in [-0.15, -0.1) is 0 Å². The number of methoxy groups -OCH3 is 1. The number of carbonyl (C=O) groups is 1. The fourth-order valence-electron chi connectivity index (χ4n) is 2.48. The van der Waals surface area contributed by atoms with Crippen molar-refractivity contribution in [3.05, 3.63) is 93.0 Å². The van der Waals surface area contributed by atoms with E-state index >= 15 is 0 Å². The van der Waals surface area contributed by atoms with Gasteiger partial charge in [-0.2, -0.15) is 0 Å². The molecule has 0 heterocycles. The number of hydrogen-bond acceptors (Lipinski definition) is 5. The normalized spacial score (nSPS) is 10.3. The molecule has 3 aromatic carbocycles. The first kappa shape index (κ1) is 18.4. The van der Waals surface area contributed by atoms with Crippen molar-refractivity contribution in [1.82, 2.24) is 0 Å². The Kier molecular flexibility index (Phi) is 5.38. The molecular weight excluding hydrogens is 370 g/mol. The number of rotatable bonds is 6. The highest BCUT2D eigenvalue weighted by molar-refractivity contribution is 6.30. The van der Waals surface area contributed by atoms with Gasteiger partial charge in [-0.1, -0.05) is 41.9 Å². The van der Waals surface area contributed by atoms with Crippen LogP contribution in [0.4, 0.5) is 5.69 Å². The van der Waals surface area contributed by atoms with E-state index in [1.807, 2.05) is 0 Å². The van der Waals surface area contributed by atoms with Crippen LogP contribution >= 0.6 is 11.6 Å². The van der Waals surface area contributed by atoms with E-state index in [9.17, 15) is 14.9 Å². The van der Waals surface area contributed by atoms with Gasteiger partial charge in [0.15, 0.2) is 5.78 Å². The monoisotopic (exact) mass is 383 g/mol. The quantitative estimate of drug-likeness (QED) is 0.328. The summed E-state index contributed by atoms with van der Waals surface area (Å²) in [5, 5.41) is 11.5. The first-order valence-electron chi connectivity index (χ1n) is 7.89. The lowest BCUT2D eigenvalue weighted by Crippen LogP contribution is -2.04. The van der Waals surface area contributed by atoms with Crippen LogP contribution in [0.3, 0.4) is 0 Å². The third-order valence-electron chi connectivity index (χ3n) is 3.81. The van der Waals surface area contributed by atoms with Gasteiger partial charge in [0.1, 0.15) is 11.5 Å². The molecule has 0 atom stereocenters.